The molecule has 2 heterocycles. The average molecular weight is 256 g/mol. The van der Waals surface area contributed by atoms with Gasteiger partial charge in [-0.05, 0) is 27.7 Å². The number of hydrogen-bond acceptors (Lipinski definition) is 4. The fourth-order valence-corrected chi connectivity index (χ4v) is 2.29. The molecule has 1 aliphatic rings. The maximum Gasteiger partial charge on any atom is 0.137 e. The second-order valence-corrected chi connectivity index (χ2v) is 5.40. The van der Waals surface area contributed by atoms with Gasteiger partial charge in [0.2, 0.25) is 0 Å². The quantitative estimate of drug-likeness (QED) is 0.722. The first-order valence-electron chi connectivity index (χ1n) is 5.79. The van der Waals surface area contributed by atoms with Gasteiger partial charge < -0.3 is 9.64 Å². The predicted molar refractivity (Wildman–Crippen MR) is 68.8 cm³/mol. The zero-order valence-corrected chi connectivity index (χ0v) is 11.5. The normalized spacial score (nSPS) is 19.5. The van der Waals surface area contributed by atoms with E-state index in [1.807, 2.05) is 13.8 Å². The summed E-state index contributed by atoms with van der Waals surface area (Å²) in [6.07, 6.45) is 0. The van der Waals surface area contributed by atoms with Crippen LogP contribution >= 0.6 is 11.6 Å². The molecule has 2 rings (SSSR count). The molecule has 0 saturated carbocycles. The van der Waals surface area contributed by atoms with Crippen LogP contribution in [0.25, 0.3) is 0 Å². The lowest BCUT2D eigenvalue weighted by molar-refractivity contribution is -0.0279. The third kappa shape index (κ3) is 2.69. The highest BCUT2D eigenvalue weighted by Crippen LogP contribution is 2.27. The van der Waals surface area contributed by atoms with Crippen LogP contribution in [0.1, 0.15) is 25.2 Å². The largest absolute Gasteiger partial charge is 0.372 e. The van der Waals surface area contributed by atoms with Gasteiger partial charge in [-0.15, -0.1) is 0 Å². The first-order valence-corrected chi connectivity index (χ1v) is 6.16. The van der Waals surface area contributed by atoms with Crippen LogP contribution in [0.5, 0.6) is 0 Å². The number of halogens is 1. The van der Waals surface area contributed by atoms with Crippen LogP contribution in [0.2, 0.25) is 5.15 Å². The average Bonchev–Trinajstić information content (AvgIpc) is 2.22. The summed E-state index contributed by atoms with van der Waals surface area (Å²) in [7, 11) is 0. The van der Waals surface area contributed by atoms with Gasteiger partial charge in [0.1, 0.15) is 16.8 Å². The van der Waals surface area contributed by atoms with E-state index in [1.165, 1.54) is 0 Å². The highest BCUT2D eigenvalue weighted by Gasteiger charge is 2.29. The Kier molecular flexibility index (Phi) is 3.27. The van der Waals surface area contributed by atoms with E-state index in [9.17, 15) is 0 Å². The Labute approximate surface area is 107 Å². The molecular weight excluding hydrogens is 238 g/mol. The number of rotatable bonds is 1. The minimum absolute atomic E-state index is 0.143. The summed E-state index contributed by atoms with van der Waals surface area (Å²) in [5.74, 6) is 1.64. The molecule has 0 N–H and O–H groups in total. The Morgan fingerprint density at radius 1 is 1.29 bits per heavy atom. The Morgan fingerprint density at radius 2 is 2.00 bits per heavy atom. The van der Waals surface area contributed by atoms with Crippen LogP contribution in [0, 0.1) is 13.8 Å². The number of anilines is 1. The molecule has 0 atom stereocenters. The molecule has 0 amide bonds. The summed E-state index contributed by atoms with van der Waals surface area (Å²) >= 11 is 6.10. The number of ether oxygens (including phenoxy) is 1. The lowest BCUT2D eigenvalue weighted by Gasteiger charge is -2.39. The Morgan fingerprint density at radius 3 is 2.65 bits per heavy atom. The van der Waals surface area contributed by atoms with Crippen LogP contribution < -0.4 is 4.90 Å². The fourth-order valence-electron chi connectivity index (χ4n) is 2.09. The third-order valence-corrected chi connectivity index (χ3v) is 3.27. The van der Waals surface area contributed by atoms with Crippen molar-refractivity contribution in [3.63, 3.8) is 0 Å². The number of aromatic nitrogens is 2. The molecule has 0 bridgehead atoms. The van der Waals surface area contributed by atoms with Gasteiger partial charge in [0.05, 0.1) is 12.2 Å². The molecule has 94 valence electrons. The molecule has 5 heteroatoms. The Bertz CT molecular complexity index is 434. The minimum atomic E-state index is -0.143. The van der Waals surface area contributed by atoms with Crippen LogP contribution in [-0.2, 0) is 4.74 Å². The highest BCUT2D eigenvalue weighted by molar-refractivity contribution is 6.30. The van der Waals surface area contributed by atoms with Crippen molar-refractivity contribution in [1.29, 1.82) is 0 Å². The van der Waals surface area contributed by atoms with Crippen LogP contribution in [0.3, 0.4) is 0 Å². The van der Waals surface area contributed by atoms with E-state index in [0.29, 0.717) is 17.6 Å². The molecule has 0 unspecified atom stereocenters. The maximum absolute atomic E-state index is 6.10. The van der Waals surface area contributed by atoms with Gasteiger partial charge in [0, 0.05) is 18.7 Å². The van der Waals surface area contributed by atoms with Crippen molar-refractivity contribution in [1.82, 2.24) is 9.97 Å². The van der Waals surface area contributed by atoms with Gasteiger partial charge >= 0.3 is 0 Å². The van der Waals surface area contributed by atoms with E-state index in [2.05, 4.69) is 28.7 Å². The van der Waals surface area contributed by atoms with E-state index in [0.717, 1.165) is 24.5 Å². The minimum Gasteiger partial charge on any atom is -0.372 e. The van der Waals surface area contributed by atoms with E-state index >= 15 is 0 Å². The molecule has 1 aromatic rings. The summed E-state index contributed by atoms with van der Waals surface area (Å²) in [5.41, 5.74) is 0.797. The van der Waals surface area contributed by atoms with E-state index < -0.39 is 0 Å². The van der Waals surface area contributed by atoms with Gasteiger partial charge in [0.15, 0.2) is 0 Å². The van der Waals surface area contributed by atoms with Crippen molar-refractivity contribution in [2.45, 2.75) is 33.3 Å². The summed E-state index contributed by atoms with van der Waals surface area (Å²) in [4.78, 5) is 10.9. The van der Waals surface area contributed by atoms with Gasteiger partial charge in [-0.3, -0.25) is 0 Å². The summed E-state index contributed by atoms with van der Waals surface area (Å²) in [6.45, 7) is 10.4. The van der Waals surface area contributed by atoms with Gasteiger partial charge in [0.25, 0.3) is 0 Å². The SMILES string of the molecule is Cc1nc(Cl)c(C)c(N2CCOC(C)(C)C2)n1. The zero-order chi connectivity index (χ0) is 12.6. The number of aryl methyl sites for hydroxylation is 1. The molecule has 1 saturated heterocycles. The van der Waals surface area contributed by atoms with Crippen molar-refractivity contribution in [3.05, 3.63) is 16.5 Å². The zero-order valence-electron chi connectivity index (χ0n) is 10.7. The van der Waals surface area contributed by atoms with E-state index in [4.69, 9.17) is 16.3 Å². The molecule has 1 fully saturated rings. The summed E-state index contributed by atoms with van der Waals surface area (Å²) < 4.78 is 5.70. The summed E-state index contributed by atoms with van der Waals surface area (Å²) in [6, 6.07) is 0. The molecule has 0 aliphatic carbocycles. The van der Waals surface area contributed by atoms with Crippen molar-refractivity contribution in [2.24, 2.45) is 0 Å². The summed E-state index contributed by atoms with van der Waals surface area (Å²) in [5, 5.41) is 0.539. The first-order chi connectivity index (χ1) is 7.89. The monoisotopic (exact) mass is 255 g/mol. The van der Waals surface area contributed by atoms with Gasteiger partial charge in [-0.25, -0.2) is 9.97 Å². The van der Waals surface area contributed by atoms with Crippen molar-refractivity contribution >= 4 is 17.4 Å². The Balaban J connectivity index is 2.34. The van der Waals surface area contributed by atoms with Crippen molar-refractivity contribution < 1.29 is 4.74 Å². The fraction of sp³-hybridized carbons (Fsp3) is 0.667. The number of nitrogens with zero attached hydrogens (tertiary/aromatic N) is 3. The highest BCUT2D eigenvalue weighted by atomic mass is 35.5. The van der Waals surface area contributed by atoms with Crippen LogP contribution in [0.4, 0.5) is 5.82 Å². The molecule has 17 heavy (non-hydrogen) atoms. The maximum atomic E-state index is 6.10. The van der Waals surface area contributed by atoms with Gasteiger partial charge in [-0.2, -0.15) is 0 Å². The first kappa shape index (κ1) is 12.6. The molecular formula is C12H18ClN3O. The van der Waals surface area contributed by atoms with Crippen molar-refractivity contribution in [2.75, 3.05) is 24.6 Å². The van der Waals surface area contributed by atoms with Gasteiger partial charge in [-0.1, -0.05) is 11.6 Å². The second-order valence-electron chi connectivity index (χ2n) is 5.04. The van der Waals surface area contributed by atoms with Crippen LogP contribution in [0.15, 0.2) is 0 Å². The standard InChI is InChI=1S/C12H18ClN3O/c1-8-10(13)14-9(2)15-11(8)16-5-6-17-12(3,4)7-16/h5-7H2,1-4H3. The lowest BCUT2D eigenvalue weighted by Crippen LogP contribution is -2.49. The third-order valence-electron chi connectivity index (χ3n) is 2.90. The number of hydrogen-bond donors (Lipinski definition) is 0. The Hall–Kier alpha value is -0.870. The van der Waals surface area contributed by atoms with Crippen molar-refractivity contribution in [3.8, 4) is 0 Å². The number of morpholine rings is 1. The lowest BCUT2D eigenvalue weighted by atomic mass is 10.1. The van der Waals surface area contributed by atoms with E-state index in [-0.39, 0.29) is 5.60 Å². The van der Waals surface area contributed by atoms with E-state index in [1.54, 1.807) is 0 Å². The molecule has 0 spiro atoms. The molecule has 0 aromatic carbocycles. The van der Waals surface area contributed by atoms with Crippen LogP contribution in [-0.4, -0.2) is 35.3 Å². The molecule has 4 nitrogen and oxygen atoms in total. The molecule has 1 aromatic heterocycles. The predicted octanol–water partition coefficient (Wildman–Crippen LogP) is 2.36. The molecule has 0 radical (unpaired) electrons. The smallest absolute Gasteiger partial charge is 0.137 e. The second kappa shape index (κ2) is 4.42. The topological polar surface area (TPSA) is 38.2 Å². The molecule has 1 aliphatic heterocycles.